The van der Waals surface area contributed by atoms with Gasteiger partial charge in [0, 0.05) is 23.4 Å². The average molecular weight is 452 g/mol. The van der Waals surface area contributed by atoms with Crippen LogP contribution in [0, 0.1) is 0 Å². The minimum Gasteiger partial charge on any atom is -0.352 e. The van der Waals surface area contributed by atoms with Crippen LogP contribution in [0.2, 0.25) is 0 Å². The first-order valence-corrected chi connectivity index (χ1v) is 12.1. The Morgan fingerprint density at radius 2 is 1.47 bits per heavy atom. The predicted molar refractivity (Wildman–Crippen MR) is 136 cm³/mol. The summed E-state index contributed by atoms with van der Waals surface area (Å²) in [4.78, 5) is 27.3. The molecule has 5 nitrogen and oxygen atoms in total. The van der Waals surface area contributed by atoms with E-state index in [4.69, 9.17) is 5.10 Å². The van der Waals surface area contributed by atoms with Gasteiger partial charge in [-0.05, 0) is 24.5 Å². The van der Waals surface area contributed by atoms with E-state index in [1.807, 2.05) is 84.9 Å². The molecular formula is C29H29N3O2. The monoisotopic (exact) mass is 451 g/mol. The van der Waals surface area contributed by atoms with Gasteiger partial charge in [-0.25, -0.2) is 4.68 Å². The summed E-state index contributed by atoms with van der Waals surface area (Å²) >= 11 is 0. The molecule has 5 rings (SSSR count). The van der Waals surface area contributed by atoms with Crippen LogP contribution in [0.5, 0.6) is 0 Å². The third-order valence-corrected chi connectivity index (χ3v) is 6.70. The maximum Gasteiger partial charge on any atom is 0.275 e. The van der Waals surface area contributed by atoms with Crippen molar-refractivity contribution in [2.75, 3.05) is 0 Å². The van der Waals surface area contributed by atoms with Crippen LogP contribution in [0.25, 0.3) is 22.0 Å². The number of benzene rings is 3. The van der Waals surface area contributed by atoms with Crippen LogP contribution in [0.1, 0.15) is 43.7 Å². The summed E-state index contributed by atoms with van der Waals surface area (Å²) in [5.41, 5.74) is 2.38. The fourth-order valence-corrected chi connectivity index (χ4v) is 4.90. The summed E-state index contributed by atoms with van der Waals surface area (Å²) in [5, 5.41) is 9.42. The Hall–Kier alpha value is -3.73. The normalized spacial score (nSPS) is 15.2. The number of amides is 1. The Kier molecular flexibility index (Phi) is 6.52. The molecule has 34 heavy (non-hydrogen) atoms. The maximum atomic E-state index is 13.7. The van der Waals surface area contributed by atoms with Crippen LogP contribution in [-0.2, 0) is 11.2 Å². The van der Waals surface area contributed by atoms with Crippen LogP contribution in [0.3, 0.4) is 0 Å². The van der Waals surface area contributed by atoms with Crippen molar-refractivity contribution in [3.05, 3.63) is 101 Å². The second kappa shape index (κ2) is 10.0. The Morgan fingerprint density at radius 1 is 0.853 bits per heavy atom. The van der Waals surface area contributed by atoms with Gasteiger partial charge in [-0.2, -0.15) is 5.10 Å². The highest BCUT2D eigenvalue weighted by Gasteiger charge is 2.28. The highest BCUT2D eigenvalue weighted by atomic mass is 16.2. The molecule has 1 fully saturated rings. The number of aromatic nitrogens is 2. The molecular weight excluding hydrogens is 422 g/mol. The lowest BCUT2D eigenvalue weighted by Crippen LogP contribution is -2.44. The Labute approximate surface area is 199 Å². The lowest BCUT2D eigenvalue weighted by Gasteiger charge is -2.26. The summed E-state index contributed by atoms with van der Waals surface area (Å²) in [6, 6.07) is 26.6. The van der Waals surface area contributed by atoms with E-state index in [1.165, 1.54) is 11.1 Å². The number of carbonyl (C=O) groups is 1. The van der Waals surface area contributed by atoms with E-state index in [9.17, 15) is 9.59 Å². The lowest BCUT2D eigenvalue weighted by atomic mass is 9.95. The topological polar surface area (TPSA) is 64.0 Å². The molecule has 0 aliphatic heterocycles. The number of carbonyl (C=O) groups excluding carboxylic acids is 1. The first-order valence-electron chi connectivity index (χ1n) is 12.1. The number of nitrogens with one attached hydrogen (secondary N) is 1. The molecule has 1 amide bonds. The van der Waals surface area contributed by atoms with Gasteiger partial charge in [0.2, 0.25) is 5.91 Å². The van der Waals surface area contributed by atoms with Crippen molar-refractivity contribution in [3.63, 3.8) is 0 Å². The van der Waals surface area contributed by atoms with Crippen LogP contribution in [-0.4, -0.2) is 21.7 Å². The van der Waals surface area contributed by atoms with Gasteiger partial charge in [-0.1, -0.05) is 98.1 Å². The largest absolute Gasteiger partial charge is 0.352 e. The zero-order chi connectivity index (χ0) is 23.3. The van der Waals surface area contributed by atoms with E-state index < -0.39 is 6.04 Å². The molecule has 1 aliphatic carbocycles. The number of fused-ring (bicyclic) bond motifs is 1. The number of hydrogen-bond donors (Lipinski definition) is 1. The van der Waals surface area contributed by atoms with Gasteiger partial charge in [0.05, 0.1) is 11.1 Å². The zero-order valence-corrected chi connectivity index (χ0v) is 19.2. The van der Waals surface area contributed by atoms with Gasteiger partial charge in [-0.15, -0.1) is 0 Å². The van der Waals surface area contributed by atoms with Crippen molar-refractivity contribution in [1.82, 2.24) is 15.1 Å². The van der Waals surface area contributed by atoms with Crippen LogP contribution in [0.15, 0.2) is 89.7 Å². The highest BCUT2D eigenvalue weighted by molar-refractivity contribution is 5.94. The van der Waals surface area contributed by atoms with E-state index in [0.29, 0.717) is 17.5 Å². The molecule has 1 aliphatic rings. The Bertz CT molecular complexity index is 1330. The predicted octanol–water partition coefficient (Wildman–Crippen LogP) is 5.30. The average Bonchev–Trinajstić information content (AvgIpc) is 2.90. The lowest BCUT2D eigenvalue weighted by molar-refractivity contribution is -0.125. The summed E-state index contributed by atoms with van der Waals surface area (Å²) in [6.07, 6.45) is 5.84. The van der Waals surface area contributed by atoms with Crippen LogP contribution < -0.4 is 10.9 Å². The summed E-state index contributed by atoms with van der Waals surface area (Å²) in [7, 11) is 0. The van der Waals surface area contributed by atoms with Gasteiger partial charge in [-0.3, -0.25) is 9.59 Å². The van der Waals surface area contributed by atoms with Crippen molar-refractivity contribution in [1.29, 1.82) is 0 Å². The number of hydrogen-bond acceptors (Lipinski definition) is 3. The second-order valence-electron chi connectivity index (χ2n) is 9.06. The van der Waals surface area contributed by atoms with E-state index in [-0.39, 0.29) is 17.5 Å². The molecule has 0 bridgehead atoms. The van der Waals surface area contributed by atoms with Crippen molar-refractivity contribution in [3.8, 4) is 11.3 Å². The molecule has 1 N–H and O–H groups in total. The summed E-state index contributed by atoms with van der Waals surface area (Å²) < 4.78 is 1.41. The minimum absolute atomic E-state index is 0.139. The Morgan fingerprint density at radius 3 is 2.18 bits per heavy atom. The second-order valence-corrected chi connectivity index (χ2v) is 9.06. The van der Waals surface area contributed by atoms with E-state index >= 15 is 0 Å². The van der Waals surface area contributed by atoms with Crippen LogP contribution in [0.4, 0.5) is 0 Å². The quantitative estimate of drug-likeness (QED) is 0.433. The minimum atomic E-state index is -0.733. The SMILES string of the molecule is O=C(NC1CCCCC1)C(Cc1ccccc1)n1nc(-c2ccccc2)c2ccccc2c1=O. The highest BCUT2D eigenvalue weighted by Crippen LogP contribution is 2.26. The van der Waals surface area contributed by atoms with Crippen molar-refractivity contribution < 1.29 is 4.79 Å². The van der Waals surface area contributed by atoms with Gasteiger partial charge in [0.1, 0.15) is 6.04 Å². The smallest absolute Gasteiger partial charge is 0.275 e. The van der Waals surface area contributed by atoms with Gasteiger partial charge in [0.15, 0.2) is 0 Å². The molecule has 1 atom stereocenters. The maximum absolute atomic E-state index is 13.7. The first kappa shape index (κ1) is 22.1. The molecule has 3 aromatic carbocycles. The summed E-state index contributed by atoms with van der Waals surface area (Å²) in [6.45, 7) is 0. The van der Waals surface area contributed by atoms with Gasteiger partial charge >= 0.3 is 0 Å². The van der Waals surface area contributed by atoms with Crippen molar-refractivity contribution >= 4 is 16.7 Å². The number of nitrogens with zero attached hydrogens (tertiary/aromatic N) is 2. The first-order chi connectivity index (χ1) is 16.7. The molecule has 1 aromatic heterocycles. The summed E-state index contributed by atoms with van der Waals surface area (Å²) in [5.74, 6) is -0.139. The molecule has 172 valence electrons. The molecule has 5 heteroatoms. The van der Waals surface area contributed by atoms with Crippen molar-refractivity contribution in [2.24, 2.45) is 0 Å². The Balaban J connectivity index is 1.63. The third-order valence-electron chi connectivity index (χ3n) is 6.70. The molecule has 4 aromatic rings. The fraction of sp³-hybridized carbons (Fsp3) is 0.276. The van der Waals surface area contributed by atoms with Crippen molar-refractivity contribution in [2.45, 2.75) is 50.6 Å². The molecule has 0 spiro atoms. The van der Waals surface area contributed by atoms with Gasteiger partial charge < -0.3 is 5.32 Å². The molecule has 0 saturated heterocycles. The van der Waals surface area contributed by atoms with Crippen LogP contribution >= 0.6 is 0 Å². The molecule has 1 unspecified atom stereocenters. The molecule has 0 radical (unpaired) electrons. The third kappa shape index (κ3) is 4.65. The fourth-order valence-electron chi connectivity index (χ4n) is 4.90. The van der Waals surface area contributed by atoms with E-state index in [1.54, 1.807) is 0 Å². The number of rotatable bonds is 6. The van der Waals surface area contributed by atoms with E-state index in [2.05, 4.69) is 5.32 Å². The molecule has 1 heterocycles. The molecule has 1 saturated carbocycles. The standard InChI is InChI=1S/C29H29N3O2/c33-28(30-23-16-8-3-9-17-23)26(20-21-12-4-1-5-13-21)32-29(34)25-19-11-10-18-24(25)27(31-32)22-14-6-2-7-15-22/h1-2,4-7,10-15,18-19,23,26H,3,8-9,16-17,20H2,(H,30,33). The van der Waals surface area contributed by atoms with Gasteiger partial charge in [0.25, 0.3) is 5.56 Å². The zero-order valence-electron chi connectivity index (χ0n) is 19.2. The van der Waals surface area contributed by atoms with E-state index in [0.717, 1.165) is 42.2 Å².